The van der Waals surface area contributed by atoms with Crippen LogP contribution < -0.4 is 0 Å². The zero-order valence-electron chi connectivity index (χ0n) is 18.3. The molecule has 0 spiro atoms. The smallest absolute Gasteiger partial charge is 0.196 e. The average molecular weight is 436 g/mol. The molecular weight excluding hydrogens is 406 g/mol. The minimum Gasteiger partial charge on any atom is -0.345 e. The third-order valence-corrected chi connectivity index (χ3v) is 7.24. The molecule has 7 heteroatoms. The molecular formula is C24H29N5OS. The molecule has 3 aromatic rings. The van der Waals surface area contributed by atoms with Gasteiger partial charge in [0.25, 0.3) is 0 Å². The van der Waals surface area contributed by atoms with Gasteiger partial charge in [-0.1, -0.05) is 30.0 Å². The summed E-state index contributed by atoms with van der Waals surface area (Å²) in [4.78, 5) is 15.5. The molecule has 0 radical (unpaired) electrons. The predicted octanol–water partition coefficient (Wildman–Crippen LogP) is 4.59. The van der Waals surface area contributed by atoms with Gasteiger partial charge in [-0.3, -0.25) is 14.3 Å². The van der Waals surface area contributed by atoms with E-state index in [1.165, 1.54) is 43.1 Å². The molecule has 2 aliphatic rings. The van der Waals surface area contributed by atoms with Crippen LogP contribution in [0.5, 0.6) is 0 Å². The number of Topliss-reactive ketones (excluding diaryl/α,β-unsaturated/α-hetero) is 1. The Hall–Kier alpha value is -2.38. The Labute approximate surface area is 187 Å². The Balaban J connectivity index is 1.37. The van der Waals surface area contributed by atoms with Gasteiger partial charge in [0.05, 0.1) is 12.3 Å². The molecule has 162 valence electrons. The molecule has 31 heavy (non-hydrogen) atoms. The number of aromatic nitrogens is 4. The third-order valence-electron chi connectivity index (χ3n) is 6.31. The number of hydrogen-bond donors (Lipinski definition) is 0. The van der Waals surface area contributed by atoms with Gasteiger partial charge in [0.1, 0.15) is 0 Å². The van der Waals surface area contributed by atoms with Crippen LogP contribution in [0.2, 0.25) is 0 Å². The minimum atomic E-state index is 0.161. The van der Waals surface area contributed by atoms with Crippen molar-refractivity contribution in [2.75, 3.05) is 18.8 Å². The summed E-state index contributed by atoms with van der Waals surface area (Å²) in [7, 11) is 0. The van der Waals surface area contributed by atoms with E-state index in [1.54, 1.807) is 0 Å². The van der Waals surface area contributed by atoms with Crippen molar-refractivity contribution in [1.29, 1.82) is 0 Å². The number of para-hydroxylation sites is 1. The van der Waals surface area contributed by atoms with Crippen LogP contribution in [0.1, 0.15) is 59.3 Å². The second kappa shape index (κ2) is 8.63. The summed E-state index contributed by atoms with van der Waals surface area (Å²) >= 11 is 1.48. The van der Waals surface area contributed by atoms with E-state index in [0.717, 1.165) is 47.6 Å². The van der Waals surface area contributed by atoms with Crippen molar-refractivity contribution in [1.82, 2.24) is 24.2 Å². The summed E-state index contributed by atoms with van der Waals surface area (Å²) in [6.07, 6.45) is 4.93. The highest BCUT2D eigenvalue weighted by atomic mass is 32.2. The molecule has 0 amide bonds. The number of rotatable bonds is 8. The Morgan fingerprint density at radius 1 is 1.10 bits per heavy atom. The predicted molar refractivity (Wildman–Crippen MR) is 123 cm³/mol. The number of carbonyl (C=O) groups is 1. The number of carbonyl (C=O) groups excluding carboxylic acids is 1. The summed E-state index contributed by atoms with van der Waals surface area (Å²) < 4.78 is 4.45. The zero-order chi connectivity index (χ0) is 21.4. The van der Waals surface area contributed by atoms with E-state index in [4.69, 9.17) is 0 Å². The molecule has 1 aliphatic heterocycles. The normalized spacial score (nSPS) is 16.8. The molecule has 0 unspecified atom stereocenters. The fourth-order valence-corrected chi connectivity index (χ4v) is 5.49. The number of aryl methyl sites for hydroxylation is 1. The molecule has 1 aromatic carbocycles. The minimum absolute atomic E-state index is 0.161. The fourth-order valence-electron chi connectivity index (χ4n) is 4.64. The summed E-state index contributed by atoms with van der Waals surface area (Å²) in [5, 5.41) is 9.77. The monoisotopic (exact) mass is 435 g/mol. The third kappa shape index (κ3) is 4.21. The van der Waals surface area contributed by atoms with Gasteiger partial charge in [0, 0.05) is 28.7 Å². The van der Waals surface area contributed by atoms with Crippen molar-refractivity contribution in [2.45, 2.75) is 57.3 Å². The zero-order valence-corrected chi connectivity index (χ0v) is 19.1. The lowest BCUT2D eigenvalue weighted by molar-refractivity contribution is 0.102. The molecule has 0 bridgehead atoms. The molecule has 1 aliphatic carbocycles. The maximum absolute atomic E-state index is 13.1. The molecule has 2 aromatic heterocycles. The van der Waals surface area contributed by atoms with Gasteiger partial charge >= 0.3 is 0 Å². The number of benzene rings is 1. The summed E-state index contributed by atoms with van der Waals surface area (Å²) in [6, 6.07) is 12.9. The SMILES string of the molecule is Cc1cc(C(=O)CSc2nnc(CN3CCCC3)n2-c2ccccc2)c(C)n1C1CC1. The lowest BCUT2D eigenvalue weighted by Crippen LogP contribution is -2.21. The van der Waals surface area contributed by atoms with Crippen LogP contribution in [-0.4, -0.2) is 48.9 Å². The number of hydrogen-bond acceptors (Lipinski definition) is 5. The number of ketones is 1. The summed E-state index contributed by atoms with van der Waals surface area (Å²) in [6.45, 7) is 7.19. The highest BCUT2D eigenvalue weighted by Gasteiger charge is 2.28. The van der Waals surface area contributed by atoms with Crippen LogP contribution in [0, 0.1) is 13.8 Å². The van der Waals surface area contributed by atoms with Gasteiger partial charge in [-0.05, 0) is 70.8 Å². The van der Waals surface area contributed by atoms with Crippen molar-refractivity contribution in [3.63, 3.8) is 0 Å². The van der Waals surface area contributed by atoms with E-state index in [9.17, 15) is 4.79 Å². The van der Waals surface area contributed by atoms with E-state index in [2.05, 4.69) is 56.3 Å². The average Bonchev–Trinajstić information content (AvgIpc) is 3.19. The van der Waals surface area contributed by atoms with Crippen molar-refractivity contribution < 1.29 is 4.79 Å². The van der Waals surface area contributed by atoms with Crippen LogP contribution in [-0.2, 0) is 6.54 Å². The first-order valence-corrected chi connectivity index (χ1v) is 12.2. The number of likely N-dealkylation sites (tertiary alicyclic amines) is 1. The lowest BCUT2D eigenvalue weighted by atomic mass is 10.2. The Morgan fingerprint density at radius 3 is 2.55 bits per heavy atom. The molecule has 0 N–H and O–H groups in total. The van der Waals surface area contributed by atoms with Gasteiger partial charge in [-0.2, -0.15) is 0 Å². The molecule has 2 fully saturated rings. The van der Waals surface area contributed by atoms with Crippen molar-refractivity contribution in [2.24, 2.45) is 0 Å². The van der Waals surface area contributed by atoms with Crippen molar-refractivity contribution in [3.8, 4) is 5.69 Å². The van der Waals surface area contributed by atoms with Crippen LogP contribution in [0.25, 0.3) is 5.69 Å². The van der Waals surface area contributed by atoms with E-state index in [-0.39, 0.29) is 5.78 Å². The topological polar surface area (TPSA) is 56.0 Å². The van der Waals surface area contributed by atoms with Crippen LogP contribution in [0.3, 0.4) is 0 Å². The number of nitrogens with zero attached hydrogens (tertiary/aromatic N) is 5. The van der Waals surface area contributed by atoms with Crippen LogP contribution in [0.15, 0.2) is 41.6 Å². The van der Waals surface area contributed by atoms with Crippen LogP contribution in [0.4, 0.5) is 0 Å². The van der Waals surface area contributed by atoms with Gasteiger partial charge in [-0.15, -0.1) is 10.2 Å². The highest BCUT2D eigenvalue weighted by molar-refractivity contribution is 7.99. The van der Waals surface area contributed by atoms with Gasteiger partial charge in [0.2, 0.25) is 0 Å². The first-order chi connectivity index (χ1) is 15.1. The van der Waals surface area contributed by atoms with Crippen molar-refractivity contribution in [3.05, 3.63) is 59.2 Å². The summed E-state index contributed by atoms with van der Waals surface area (Å²) in [5.41, 5.74) is 4.18. The second-order valence-electron chi connectivity index (χ2n) is 8.65. The Bertz CT molecular complexity index is 1080. The van der Waals surface area contributed by atoms with E-state index in [0.29, 0.717) is 11.8 Å². The van der Waals surface area contributed by atoms with Gasteiger partial charge < -0.3 is 4.57 Å². The largest absolute Gasteiger partial charge is 0.345 e. The first-order valence-electron chi connectivity index (χ1n) is 11.2. The Kier molecular flexibility index (Phi) is 5.71. The highest BCUT2D eigenvalue weighted by Crippen LogP contribution is 2.38. The maximum atomic E-state index is 13.1. The Morgan fingerprint density at radius 2 is 1.84 bits per heavy atom. The molecule has 6 nitrogen and oxygen atoms in total. The molecule has 3 heterocycles. The van der Waals surface area contributed by atoms with Crippen molar-refractivity contribution >= 4 is 17.5 Å². The maximum Gasteiger partial charge on any atom is 0.196 e. The fraction of sp³-hybridized carbons (Fsp3) is 0.458. The molecule has 0 atom stereocenters. The molecule has 1 saturated heterocycles. The summed E-state index contributed by atoms with van der Waals surface area (Å²) in [5.74, 6) is 1.47. The molecule has 1 saturated carbocycles. The van der Waals surface area contributed by atoms with Gasteiger partial charge in [-0.25, -0.2) is 0 Å². The second-order valence-corrected chi connectivity index (χ2v) is 9.59. The van der Waals surface area contributed by atoms with E-state index < -0.39 is 0 Å². The quantitative estimate of drug-likeness (QED) is 0.383. The van der Waals surface area contributed by atoms with E-state index in [1.807, 2.05) is 18.2 Å². The van der Waals surface area contributed by atoms with Gasteiger partial charge in [0.15, 0.2) is 16.8 Å². The first kappa shape index (κ1) is 20.5. The lowest BCUT2D eigenvalue weighted by Gasteiger charge is -2.15. The molecule has 5 rings (SSSR count). The van der Waals surface area contributed by atoms with Crippen LogP contribution >= 0.6 is 11.8 Å². The standard InChI is InChI=1S/C24H29N5OS/c1-17-14-21(18(2)28(17)20-10-11-20)22(30)16-31-24-26-25-23(15-27-12-6-7-13-27)29(24)19-8-4-3-5-9-19/h3-5,8-9,14,20H,6-7,10-13,15-16H2,1-2H3. The van der Waals surface area contributed by atoms with E-state index >= 15 is 0 Å². The number of thioether (sulfide) groups is 1.